The van der Waals surface area contributed by atoms with Crippen LogP contribution in [0.4, 0.5) is 0 Å². The predicted molar refractivity (Wildman–Crippen MR) is 76.9 cm³/mol. The minimum atomic E-state index is -0.683. The molecule has 2 aromatic rings. The van der Waals surface area contributed by atoms with Crippen LogP contribution in [0.25, 0.3) is 11.3 Å². The number of ether oxygens (including phenoxy) is 1. The Morgan fingerprint density at radius 2 is 2.10 bits per heavy atom. The van der Waals surface area contributed by atoms with Gasteiger partial charge in [-0.3, -0.25) is 4.79 Å². The number of H-pyrrole nitrogens is 1. The van der Waals surface area contributed by atoms with Crippen LogP contribution in [-0.2, 0) is 11.3 Å². The quantitative estimate of drug-likeness (QED) is 0.830. The zero-order chi connectivity index (χ0) is 15.4. The van der Waals surface area contributed by atoms with Gasteiger partial charge >= 0.3 is 5.97 Å². The molecule has 6 nitrogen and oxygen atoms in total. The molecule has 110 valence electrons. The van der Waals surface area contributed by atoms with E-state index in [1.807, 2.05) is 19.1 Å². The first-order chi connectivity index (χ1) is 10.0. The molecule has 1 aromatic carbocycles. The Hall–Kier alpha value is -2.47. The molecule has 0 aliphatic heterocycles. The summed E-state index contributed by atoms with van der Waals surface area (Å²) in [7, 11) is 0. The van der Waals surface area contributed by atoms with E-state index in [2.05, 4.69) is 10.2 Å². The number of rotatable bonds is 4. The molecule has 2 rings (SSSR count). The van der Waals surface area contributed by atoms with Gasteiger partial charge in [-0.25, -0.2) is 9.89 Å². The van der Waals surface area contributed by atoms with Crippen LogP contribution in [0.3, 0.4) is 0 Å². The summed E-state index contributed by atoms with van der Waals surface area (Å²) >= 11 is 0. The summed E-state index contributed by atoms with van der Waals surface area (Å²) in [5, 5.41) is 15.5. The lowest BCUT2D eigenvalue weighted by Crippen LogP contribution is -2.21. The molecular weight excluding hydrogens is 272 g/mol. The highest BCUT2D eigenvalue weighted by Gasteiger charge is 2.14. The number of hydrogen-bond donors (Lipinski definition) is 2. The number of hydrogen-bond acceptors (Lipinski definition) is 5. The molecule has 0 saturated heterocycles. The Morgan fingerprint density at radius 1 is 1.33 bits per heavy atom. The SMILES string of the molecule is CCOC(=O)c1cc(-c2cc(C)cc(CO)c2)n[nH]c1=O. The zero-order valence-corrected chi connectivity index (χ0v) is 11.8. The van der Waals surface area contributed by atoms with Gasteiger partial charge in [0.05, 0.1) is 18.9 Å². The van der Waals surface area contributed by atoms with Crippen LogP contribution in [-0.4, -0.2) is 27.9 Å². The van der Waals surface area contributed by atoms with E-state index in [-0.39, 0.29) is 18.8 Å². The van der Waals surface area contributed by atoms with Gasteiger partial charge in [-0.1, -0.05) is 11.6 Å². The van der Waals surface area contributed by atoms with Gasteiger partial charge in [0.1, 0.15) is 5.56 Å². The van der Waals surface area contributed by atoms with Crippen LogP contribution >= 0.6 is 0 Å². The van der Waals surface area contributed by atoms with Crippen LogP contribution in [0.2, 0.25) is 0 Å². The number of nitrogens with zero attached hydrogens (tertiary/aromatic N) is 1. The van der Waals surface area contributed by atoms with Gasteiger partial charge in [-0.05, 0) is 37.6 Å². The van der Waals surface area contributed by atoms with E-state index in [1.165, 1.54) is 6.07 Å². The fourth-order valence-electron chi connectivity index (χ4n) is 2.02. The highest BCUT2D eigenvalue weighted by Crippen LogP contribution is 2.20. The van der Waals surface area contributed by atoms with Crippen LogP contribution in [0.1, 0.15) is 28.4 Å². The second-order valence-corrected chi connectivity index (χ2v) is 4.58. The number of aliphatic hydroxyl groups excluding tert-OH is 1. The maximum Gasteiger partial charge on any atom is 0.343 e. The number of carbonyl (C=O) groups excluding carboxylic acids is 1. The first kappa shape index (κ1) is 14.9. The number of nitrogens with one attached hydrogen (secondary N) is 1. The Balaban J connectivity index is 2.50. The Kier molecular flexibility index (Phi) is 4.49. The first-order valence-electron chi connectivity index (χ1n) is 6.53. The number of aryl methyl sites for hydroxylation is 1. The number of benzene rings is 1. The highest BCUT2D eigenvalue weighted by atomic mass is 16.5. The maximum absolute atomic E-state index is 11.7. The number of esters is 1. The summed E-state index contributed by atoms with van der Waals surface area (Å²) in [5.74, 6) is -0.683. The normalized spacial score (nSPS) is 10.4. The number of aliphatic hydroxyl groups is 1. The van der Waals surface area contributed by atoms with Gasteiger partial charge in [0.15, 0.2) is 0 Å². The molecule has 0 unspecified atom stereocenters. The number of carbonyl (C=O) groups is 1. The molecular formula is C15H16N2O4. The van der Waals surface area contributed by atoms with E-state index < -0.39 is 11.5 Å². The Bertz CT molecular complexity index is 722. The summed E-state index contributed by atoms with van der Waals surface area (Å²) in [6.45, 7) is 3.65. The average molecular weight is 288 g/mol. The van der Waals surface area contributed by atoms with Crippen LogP contribution in [0.15, 0.2) is 29.1 Å². The standard InChI is InChI=1S/C15H16N2O4/c1-3-21-15(20)12-7-13(16-17-14(12)19)11-5-9(2)4-10(6-11)8-18/h4-7,18H,3,8H2,1-2H3,(H,17,19). The second-order valence-electron chi connectivity index (χ2n) is 4.58. The van der Waals surface area contributed by atoms with Crippen molar-refractivity contribution in [1.29, 1.82) is 0 Å². The van der Waals surface area contributed by atoms with E-state index in [4.69, 9.17) is 4.74 Å². The van der Waals surface area contributed by atoms with E-state index in [0.717, 1.165) is 11.1 Å². The van der Waals surface area contributed by atoms with E-state index >= 15 is 0 Å². The number of aromatic nitrogens is 2. The van der Waals surface area contributed by atoms with Crippen LogP contribution in [0, 0.1) is 6.92 Å². The van der Waals surface area contributed by atoms with E-state index in [9.17, 15) is 14.7 Å². The molecule has 0 amide bonds. The van der Waals surface area contributed by atoms with Crippen molar-refractivity contribution < 1.29 is 14.6 Å². The fraction of sp³-hybridized carbons (Fsp3) is 0.267. The van der Waals surface area contributed by atoms with E-state index in [1.54, 1.807) is 13.0 Å². The van der Waals surface area contributed by atoms with Crippen molar-refractivity contribution in [3.63, 3.8) is 0 Å². The predicted octanol–water partition coefficient (Wildman–Crippen LogP) is 1.41. The molecule has 1 heterocycles. The molecule has 0 aliphatic carbocycles. The smallest absolute Gasteiger partial charge is 0.343 e. The molecule has 6 heteroatoms. The third-order valence-corrected chi connectivity index (χ3v) is 2.91. The van der Waals surface area contributed by atoms with Crippen LogP contribution in [0.5, 0.6) is 0 Å². The number of aromatic amines is 1. The summed E-state index contributed by atoms with van der Waals surface area (Å²) in [6, 6.07) is 6.85. The molecule has 0 saturated carbocycles. The van der Waals surface area contributed by atoms with Crippen molar-refractivity contribution in [1.82, 2.24) is 10.2 Å². The minimum absolute atomic E-state index is 0.0890. The largest absolute Gasteiger partial charge is 0.462 e. The third-order valence-electron chi connectivity index (χ3n) is 2.91. The topological polar surface area (TPSA) is 92.3 Å². The highest BCUT2D eigenvalue weighted by molar-refractivity contribution is 5.90. The lowest BCUT2D eigenvalue weighted by Gasteiger charge is -2.07. The molecule has 0 spiro atoms. The molecule has 0 bridgehead atoms. The molecule has 21 heavy (non-hydrogen) atoms. The molecule has 0 fully saturated rings. The van der Waals surface area contributed by atoms with Gasteiger partial charge in [0.25, 0.3) is 5.56 Å². The minimum Gasteiger partial charge on any atom is -0.462 e. The van der Waals surface area contributed by atoms with Crippen molar-refractivity contribution in [3.8, 4) is 11.3 Å². The Labute approximate surface area is 121 Å². The van der Waals surface area contributed by atoms with Gasteiger partial charge in [-0.15, -0.1) is 0 Å². The van der Waals surface area contributed by atoms with Crippen LogP contribution < -0.4 is 5.56 Å². The molecule has 2 N–H and O–H groups in total. The first-order valence-corrected chi connectivity index (χ1v) is 6.53. The average Bonchev–Trinajstić information content (AvgIpc) is 2.47. The summed E-state index contributed by atoms with van der Waals surface area (Å²) < 4.78 is 4.84. The van der Waals surface area contributed by atoms with Crippen molar-refractivity contribution in [2.24, 2.45) is 0 Å². The maximum atomic E-state index is 11.7. The summed E-state index contributed by atoms with van der Waals surface area (Å²) in [4.78, 5) is 23.4. The van der Waals surface area contributed by atoms with Gasteiger partial charge in [0.2, 0.25) is 0 Å². The van der Waals surface area contributed by atoms with Gasteiger partial charge in [-0.2, -0.15) is 5.10 Å². The van der Waals surface area contributed by atoms with Gasteiger partial charge < -0.3 is 9.84 Å². The fourth-order valence-corrected chi connectivity index (χ4v) is 2.02. The monoisotopic (exact) mass is 288 g/mol. The molecule has 1 aromatic heterocycles. The van der Waals surface area contributed by atoms with E-state index in [0.29, 0.717) is 11.3 Å². The Morgan fingerprint density at radius 3 is 2.76 bits per heavy atom. The summed E-state index contributed by atoms with van der Waals surface area (Å²) in [6.07, 6.45) is 0. The van der Waals surface area contributed by atoms with Crippen molar-refractivity contribution in [2.45, 2.75) is 20.5 Å². The van der Waals surface area contributed by atoms with Crippen molar-refractivity contribution >= 4 is 5.97 Å². The molecule has 0 aliphatic rings. The van der Waals surface area contributed by atoms with Crippen molar-refractivity contribution in [2.75, 3.05) is 6.61 Å². The lowest BCUT2D eigenvalue weighted by atomic mass is 10.0. The van der Waals surface area contributed by atoms with Crippen molar-refractivity contribution in [3.05, 3.63) is 51.3 Å². The summed E-state index contributed by atoms with van der Waals surface area (Å²) in [5.41, 5.74) is 2.15. The molecule has 0 radical (unpaired) electrons. The zero-order valence-electron chi connectivity index (χ0n) is 11.8. The van der Waals surface area contributed by atoms with Gasteiger partial charge in [0, 0.05) is 5.56 Å². The second kappa shape index (κ2) is 6.32. The lowest BCUT2D eigenvalue weighted by molar-refractivity contribution is 0.0524. The third kappa shape index (κ3) is 3.35. The molecule has 0 atom stereocenters.